The first-order valence-corrected chi connectivity index (χ1v) is 22.8. The zero-order chi connectivity index (χ0) is 45.0. The average molecular weight is 873 g/mol. The quantitative estimate of drug-likeness (QED) is 0.164. The summed E-state index contributed by atoms with van der Waals surface area (Å²) in [5, 5.41) is 8.62. The van der Waals surface area contributed by atoms with E-state index in [-0.39, 0.29) is 6.04 Å². The largest absolute Gasteiger partial charge is 0.359 e. The van der Waals surface area contributed by atoms with Crippen LogP contribution in [0.5, 0.6) is 0 Å². The summed E-state index contributed by atoms with van der Waals surface area (Å²) in [4.78, 5) is 26.4. The van der Waals surface area contributed by atoms with Gasteiger partial charge >= 0.3 is 0 Å². The number of allylic oxidation sites excluding steroid dienone is 2. The van der Waals surface area contributed by atoms with Crippen LogP contribution in [0.3, 0.4) is 0 Å². The molecule has 1 atom stereocenters. The van der Waals surface area contributed by atoms with Gasteiger partial charge in [0, 0.05) is 38.2 Å². The summed E-state index contributed by atoms with van der Waals surface area (Å²) in [6.07, 6.45) is 6.39. The van der Waals surface area contributed by atoms with Gasteiger partial charge < -0.3 is 5.32 Å². The van der Waals surface area contributed by atoms with Crippen LogP contribution >= 0.6 is 0 Å². The van der Waals surface area contributed by atoms with Gasteiger partial charge in [0.1, 0.15) is 11.6 Å². The lowest BCUT2D eigenvalue weighted by Crippen LogP contribution is -2.24. The number of fused-ring (bicyclic) bond motifs is 6. The van der Waals surface area contributed by atoms with E-state index in [0.717, 1.165) is 72.9 Å². The number of para-hydroxylation sites is 4. The summed E-state index contributed by atoms with van der Waals surface area (Å²) >= 11 is 0. The molecule has 6 heterocycles. The summed E-state index contributed by atoms with van der Waals surface area (Å²) in [6.45, 7) is 0. The van der Waals surface area contributed by atoms with Crippen molar-refractivity contribution in [2.24, 2.45) is 0 Å². The molecule has 68 heavy (non-hydrogen) atoms. The third-order valence-corrected chi connectivity index (χ3v) is 12.8. The highest BCUT2D eigenvalue weighted by molar-refractivity contribution is 6.10. The molecule has 1 aliphatic rings. The van der Waals surface area contributed by atoms with Crippen molar-refractivity contribution in [2.45, 2.75) is 6.04 Å². The molecule has 0 aliphatic carbocycles. The zero-order valence-corrected chi connectivity index (χ0v) is 36.6. The van der Waals surface area contributed by atoms with E-state index in [0.29, 0.717) is 23.2 Å². The maximum absolute atomic E-state index is 5.45. The van der Waals surface area contributed by atoms with Crippen LogP contribution < -0.4 is 5.32 Å². The standard InChI is InChI=1S/C60H40N8/c1-3-17-39(18-4-1)40-33-35-42(36-34-40)59-64-58(41-19-5-2-6-20-41)65-60(66-59)43-37-50(48-25-15-31-56(62-48)67-52-27-11-7-21-44(52)45-22-8-12-28-53(45)67)61-51(38-43)49-26-16-32-57(63-49)68-54-29-13-9-23-46(54)47-24-10-14-30-55(47)68/h1-38,48,62H. The number of benzene rings is 7. The van der Waals surface area contributed by atoms with Crippen molar-refractivity contribution >= 4 is 49.4 Å². The van der Waals surface area contributed by atoms with Crippen molar-refractivity contribution in [3.63, 3.8) is 0 Å². The molecule has 0 bridgehead atoms. The second-order valence-electron chi connectivity index (χ2n) is 17.0. The van der Waals surface area contributed by atoms with Crippen molar-refractivity contribution in [1.29, 1.82) is 0 Å². The molecule has 8 heteroatoms. The Kier molecular flexibility index (Phi) is 9.38. The minimum atomic E-state index is -0.311. The fourth-order valence-corrected chi connectivity index (χ4v) is 9.63. The highest BCUT2D eigenvalue weighted by atomic mass is 15.2. The summed E-state index contributed by atoms with van der Waals surface area (Å²) in [6, 6.07) is 73.0. The maximum Gasteiger partial charge on any atom is 0.164 e. The Bertz CT molecular complexity index is 3840. The van der Waals surface area contributed by atoms with E-state index in [4.69, 9.17) is 24.9 Å². The van der Waals surface area contributed by atoms with Gasteiger partial charge in [0.15, 0.2) is 17.5 Å². The minimum absolute atomic E-state index is 0.311. The van der Waals surface area contributed by atoms with Gasteiger partial charge in [-0.1, -0.05) is 176 Å². The molecular formula is C60H40N8. The smallest absolute Gasteiger partial charge is 0.164 e. The van der Waals surface area contributed by atoms with Crippen molar-refractivity contribution in [1.82, 2.24) is 39.4 Å². The molecule has 320 valence electrons. The van der Waals surface area contributed by atoms with Crippen molar-refractivity contribution in [3.05, 3.63) is 236 Å². The molecule has 7 aromatic carbocycles. The lowest BCUT2D eigenvalue weighted by atomic mass is 10.0. The van der Waals surface area contributed by atoms with Gasteiger partial charge in [-0.15, -0.1) is 0 Å². The Labute approximate surface area is 391 Å². The van der Waals surface area contributed by atoms with Gasteiger partial charge in [-0.05, 0) is 65.7 Å². The first-order valence-electron chi connectivity index (χ1n) is 22.8. The first-order chi connectivity index (χ1) is 33.7. The van der Waals surface area contributed by atoms with Crippen LogP contribution in [0.4, 0.5) is 0 Å². The fourth-order valence-electron chi connectivity index (χ4n) is 9.63. The van der Waals surface area contributed by atoms with Crippen LogP contribution in [0.25, 0.3) is 112 Å². The van der Waals surface area contributed by atoms with Gasteiger partial charge in [0.2, 0.25) is 0 Å². The molecule has 0 fully saturated rings. The first kappa shape index (κ1) is 39.1. The van der Waals surface area contributed by atoms with Crippen LogP contribution in [0.15, 0.2) is 231 Å². The summed E-state index contributed by atoms with van der Waals surface area (Å²) in [5.74, 6) is 3.43. The van der Waals surface area contributed by atoms with Gasteiger partial charge in [0.25, 0.3) is 0 Å². The lowest BCUT2D eigenvalue weighted by Gasteiger charge is -2.24. The van der Waals surface area contributed by atoms with Gasteiger partial charge in [-0.25, -0.2) is 24.9 Å². The lowest BCUT2D eigenvalue weighted by molar-refractivity contribution is 0.714. The molecular weight excluding hydrogens is 833 g/mol. The van der Waals surface area contributed by atoms with E-state index < -0.39 is 0 Å². The second kappa shape index (κ2) is 16.3. The van der Waals surface area contributed by atoms with E-state index in [1.54, 1.807) is 0 Å². The van der Waals surface area contributed by atoms with Gasteiger partial charge in [-0.3, -0.25) is 9.13 Å². The molecule has 13 rings (SSSR count). The number of rotatable bonds is 8. The normalized spacial score (nSPS) is 13.6. The average Bonchev–Trinajstić information content (AvgIpc) is 3.94. The van der Waals surface area contributed by atoms with Crippen molar-refractivity contribution < 1.29 is 0 Å². The Morgan fingerprint density at radius 1 is 0.353 bits per heavy atom. The molecule has 8 nitrogen and oxygen atoms in total. The molecule has 1 aliphatic heterocycles. The Balaban J connectivity index is 0.979. The predicted molar refractivity (Wildman–Crippen MR) is 276 cm³/mol. The molecule has 0 saturated carbocycles. The highest BCUT2D eigenvalue weighted by Gasteiger charge is 2.23. The number of hydrogen-bond acceptors (Lipinski definition) is 6. The van der Waals surface area contributed by atoms with E-state index in [9.17, 15) is 0 Å². The number of hydrogen-bond donors (Lipinski definition) is 1. The molecule has 1 N–H and O–H groups in total. The summed E-state index contributed by atoms with van der Waals surface area (Å²) in [7, 11) is 0. The van der Waals surface area contributed by atoms with Crippen LogP contribution in [-0.4, -0.2) is 34.1 Å². The minimum Gasteiger partial charge on any atom is -0.359 e. The third-order valence-electron chi connectivity index (χ3n) is 12.8. The molecule has 0 saturated heterocycles. The topological polar surface area (TPSA) is 86.3 Å². The molecule has 0 amide bonds. The molecule has 5 aromatic heterocycles. The molecule has 0 radical (unpaired) electrons. The zero-order valence-electron chi connectivity index (χ0n) is 36.6. The van der Waals surface area contributed by atoms with E-state index in [2.05, 4.69) is 203 Å². The van der Waals surface area contributed by atoms with E-state index in [1.807, 2.05) is 42.5 Å². The molecule has 0 spiro atoms. The van der Waals surface area contributed by atoms with Crippen molar-refractivity contribution in [3.8, 4) is 62.5 Å². The van der Waals surface area contributed by atoms with E-state index >= 15 is 0 Å². The fraction of sp³-hybridized carbons (Fsp3) is 0.0167. The second-order valence-corrected chi connectivity index (χ2v) is 17.0. The van der Waals surface area contributed by atoms with Gasteiger partial charge in [-0.2, -0.15) is 0 Å². The van der Waals surface area contributed by atoms with Crippen LogP contribution in [0, 0.1) is 0 Å². The summed E-state index contributed by atoms with van der Waals surface area (Å²) < 4.78 is 4.54. The number of aromatic nitrogens is 7. The predicted octanol–water partition coefficient (Wildman–Crippen LogP) is 13.9. The van der Waals surface area contributed by atoms with E-state index in [1.165, 1.54) is 21.5 Å². The number of dihydropyridines is 1. The Hall–Kier alpha value is -9.27. The van der Waals surface area contributed by atoms with Crippen LogP contribution in [0.1, 0.15) is 11.7 Å². The Morgan fingerprint density at radius 2 is 0.824 bits per heavy atom. The van der Waals surface area contributed by atoms with Crippen molar-refractivity contribution in [2.75, 3.05) is 0 Å². The Morgan fingerprint density at radius 3 is 1.41 bits per heavy atom. The monoisotopic (exact) mass is 872 g/mol. The number of pyridine rings is 2. The van der Waals surface area contributed by atoms with Crippen LogP contribution in [0.2, 0.25) is 0 Å². The highest BCUT2D eigenvalue weighted by Crippen LogP contribution is 2.36. The summed E-state index contributed by atoms with van der Waals surface area (Å²) in [5.41, 5.74) is 11.5. The number of nitrogens with one attached hydrogen (secondary N) is 1. The van der Waals surface area contributed by atoms with Crippen LogP contribution in [-0.2, 0) is 0 Å². The maximum atomic E-state index is 5.45. The SMILES string of the molecule is C1=CC(c2cc(-c3nc(-c4ccccc4)nc(-c4ccc(-c5ccccc5)cc4)n3)cc(-c3cccc(-n4c5ccccc5c5ccccc54)n3)n2)NC(n2c3ccccc3c3ccccc32)=C1. The number of nitrogens with zero attached hydrogens (tertiary/aromatic N) is 7. The molecule has 12 aromatic rings. The van der Waals surface area contributed by atoms with Gasteiger partial charge in [0.05, 0.1) is 45.2 Å². The molecule has 1 unspecified atom stereocenters. The third kappa shape index (κ3) is 6.82.